The molecule has 0 amide bonds. The first-order chi connectivity index (χ1) is 9.03. The second-order valence-corrected chi connectivity index (χ2v) is 6.63. The number of rotatable bonds is 5. The first kappa shape index (κ1) is 14.5. The summed E-state index contributed by atoms with van der Waals surface area (Å²) in [5, 5.41) is 3.35. The molecule has 108 valence electrons. The highest BCUT2D eigenvalue weighted by atomic mass is 32.2. The maximum absolute atomic E-state index is 12.3. The number of aromatic nitrogens is 2. The molecule has 0 saturated carbocycles. The molecule has 1 aliphatic rings. The molecular formula is C12H22N4O2S. The summed E-state index contributed by atoms with van der Waals surface area (Å²) in [4.78, 5) is 4.16. The lowest BCUT2D eigenvalue weighted by atomic mass is 10.1. The maximum atomic E-state index is 12.3. The zero-order chi connectivity index (χ0) is 13.9. The summed E-state index contributed by atoms with van der Waals surface area (Å²) in [5.41, 5.74) is 0. The van der Waals surface area contributed by atoms with Crippen LogP contribution in [0.5, 0.6) is 0 Å². The lowest BCUT2D eigenvalue weighted by Gasteiger charge is -2.22. The molecule has 2 N–H and O–H groups in total. The highest BCUT2D eigenvalue weighted by Crippen LogP contribution is 2.12. The van der Waals surface area contributed by atoms with Crippen LogP contribution < -0.4 is 10.0 Å². The lowest BCUT2D eigenvalue weighted by Crippen LogP contribution is -2.42. The van der Waals surface area contributed by atoms with Gasteiger partial charge in [-0.15, -0.1) is 0 Å². The van der Waals surface area contributed by atoms with E-state index in [4.69, 9.17) is 0 Å². The van der Waals surface area contributed by atoms with Crippen molar-refractivity contribution in [1.82, 2.24) is 19.6 Å². The van der Waals surface area contributed by atoms with Crippen molar-refractivity contribution in [2.75, 3.05) is 13.1 Å². The van der Waals surface area contributed by atoms with E-state index in [1.165, 1.54) is 0 Å². The van der Waals surface area contributed by atoms with Gasteiger partial charge in [-0.3, -0.25) is 0 Å². The van der Waals surface area contributed by atoms with E-state index in [2.05, 4.69) is 21.9 Å². The number of piperidine rings is 1. The van der Waals surface area contributed by atoms with Crippen LogP contribution in [0.2, 0.25) is 0 Å². The van der Waals surface area contributed by atoms with Crippen molar-refractivity contribution in [3.63, 3.8) is 0 Å². The molecule has 1 saturated heterocycles. The number of nitrogens with zero attached hydrogens (tertiary/aromatic N) is 2. The Kier molecular flexibility index (Phi) is 4.59. The van der Waals surface area contributed by atoms with E-state index in [-0.39, 0.29) is 11.1 Å². The predicted octanol–water partition coefficient (Wildman–Crippen LogP) is 0.632. The van der Waals surface area contributed by atoms with E-state index in [1.54, 1.807) is 6.20 Å². The topological polar surface area (TPSA) is 76.0 Å². The minimum Gasteiger partial charge on any atom is -0.334 e. The Morgan fingerprint density at radius 2 is 2.16 bits per heavy atom. The zero-order valence-electron chi connectivity index (χ0n) is 11.5. The van der Waals surface area contributed by atoms with E-state index < -0.39 is 10.0 Å². The van der Waals surface area contributed by atoms with Gasteiger partial charge in [-0.25, -0.2) is 18.1 Å². The van der Waals surface area contributed by atoms with E-state index in [9.17, 15) is 8.42 Å². The monoisotopic (exact) mass is 286 g/mol. The van der Waals surface area contributed by atoms with Crippen LogP contribution in [0.4, 0.5) is 0 Å². The van der Waals surface area contributed by atoms with Crippen molar-refractivity contribution in [2.24, 2.45) is 0 Å². The Morgan fingerprint density at radius 3 is 2.79 bits per heavy atom. The number of hydrogen-bond donors (Lipinski definition) is 2. The number of nitrogens with one attached hydrogen (secondary N) is 2. The van der Waals surface area contributed by atoms with Crippen LogP contribution >= 0.6 is 0 Å². The molecule has 19 heavy (non-hydrogen) atoms. The summed E-state index contributed by atoms with van der Waals surface area (Å²) >= 11 is 0. The SMILES string of the molecule is CCCn1cc(S(=O)(=O)NC2CCNCC2)nc1C. The van der Waals surface area contributed by atoms with Gasteiger partial charge in [-0.2, -0.15) is 0 Å². The van der Waals surface area contributed by atoms with Crippen molar-refractivity contribution in [1.29, 1.82) is 0 Å². The fourth-order valence-corrected chi connectivity index (χ4v) is 3.61. The summed E-state index contributed by atoms with van der Waals surface area (Å²) < 4.78 is 29.2. The summed E-state index contributed by atoms with van der Waals surface area (Å²) in [7, 11) is -3.49. The van der Waals surface area contributed by atoms with Crippen LogP contribution in [-0.4, -0.2) is 37.1 Å². The highest BCUT2D eigenvalue weighted by molar-refractivity contribution is 7.89. The molecule has 0 unspecified atom stereocenters. The Morgan fingerprint density at radius 1 is 1.47 bits per heavy atom. The molecule has 1 fully saturated rings. The Hall–Kier alpha value is -0.920. The zero-order valence-corrected chi connectivity index (χ0v) is 12.3. The molecule has 0 spiro atoms. The summed E-state index contributed by atoms with van der Waals surface area (Å²) in [6.45, 7) is 6.40. The lowest BCUT2D eigenvalue weighted by molar-refractivity contribution is 0.426. The van der Waals surface area contributed by atoms with Gasteiger partial charge in [0.15, 0.2) is 5.03 Å². The largest absolute Gasteiger partial charge is 0.334 e. The molecular weight excluding hydrogens is 264 g/mol. The first-order valence-corrected chi connectivity index (χ1v) is 8.28. The van der Waals surface area contributed by atoms with E-state index in [1.807, 2.05) is 11.5 Å². The van der Waals surface area contributed by atoms with Gasteiger partial charge < -0.3 is 9.88 Å². The Bertz CT molecular complexity index is 518. The molecule has 7 heteroatoms. The second kappa shape index (κ2) is 6.02. The molecule has 1 aromatic heterocycles. The minimum atomic E-state index is -3.49. The van der Waals surface area contributed by atoms with Gasteiger partial charge in [-0.1, -0.05) is 6.92 Å². The van der Waals surface area contributed by atoms with E-state index in [0.29, 0.717) is 0 Å². The Labute approximate surface area is 114 Å². The minimum absolute atomic E-state index is 0.0166. The van der Waals surface area contributed by atoms with Crippen molar-refractivity contribution >= 4 is 10.0 Å². The van der Waals surface area contributed by atoms with Crippen LogP contribution in [0.3, 0.4) is 0 Å². The van der Waals surface area contributed by atoms with Crippen LogP contribution in [0.15, 0.2) is 11.2 Å². The van der Waals surface area contributed by atoms with Gasteiger partial charge in [-0.05, 0) is 39.3 Å². The molecule has 0 aliphatic carbocycles. The van der Waals surface area contributed by atoms with Crippen LogP contribution in [0.25, 0.3) is 0 Å². The number of imidazole rings is 1. The van der Waals surface area contributed by atoms with E-state index >= 15 is 0 Å². The molecule has 0 aromatic carbocycles. The summed E-state index contributed by atoms with van der Waals surface area (Å²) in [6, 6.07) is 0.0166. The van der Waals surface area contributed by atoms with Crippen LogP contribution in [0.1, 0.15) is 32.0 Å². The van der Waals surface area contributed by atoms with Gasteiger partial charge in [0.1, 0.15) is 5.82 Å². The van der Waals surface area contributed by atoms with Crippen molar-refractivity contribution in [3.8, 4) is 0 Å². The molecule has 0 bridgehead atoms. The fraction of sp³-hybridized carbons (Fsp3) is 0.750. The highest BCUT2D eigenvalue weighted by Gasteiger charge is 2.24. The van der Waals surface area contributed by atoms with Gasteiger partial charge >= 0.3 is 0 Å². The average molecular weight is 286 g/mol. The third-order valence-corrected chi connectivity index (χ3v) is 4.75. The third-order valence-electron chi connectivity index (χ3n) is 3.35. The summed E-state index contributed by atoms with van der Waals surface area (Å²) in [5.74, 6) is 0.743. The second-order valence-electron chi connectivity index (χ2n) is 4.97. The molecule has 6 nitrogen and oxygen atoms in total. The molecule has 0 atom stereocenters. The average Bonchev–Trinajstić information content (AvgIpc) is 2.73. The van der Waals surface area contributed by atoms with Crippen molar-refractivity contribution in [2.45, 2.75) is 50.7 Å². The van der Waals surface area contributed by atoms with Crippen LogP contribution in [0, 0.1) is 6.92 Å². The molecule has 2 rings (SSSR count). The van der Waals surface area contributed by atoms with Gasteiger partial charge in [0.2, 0.25) is 0 Å². The quantitative estimate of drug-likeness (QED) is 0.832. The number of aryl methyl sites for hydroxylation is 2. The third kappa shape index (κ3) is 3.55. The molecule has 1 aliphatic heterocycles. The fourth-order valence-electron chi connectivity index (χ4n) is 2.30. The smallest absolute Gasteiger partial charge is 0.259 e. The molecule has 1 aromatic rings. The summed E-state index contributed by atoms with van der Waals surface area (Å²) in [6.07, 6.45) is 4.24. The Balaban J connectivity index is 2.12. The van der Waals surface area contributed by atoms with E-state index in [0.717, 1.165) is 44.7 Å². The van der Waals surface area contributed by atoms with Crippen LogP contribution in [-0.2, 0) is 16.6 Å². The van der Waals surface area contributed by atoms with Gasteiger partial charge in [0.05, 0.1) is 0 Å². The van der Waals surface area contributed by atoms with Crippen molar-refractivity contribution < 1.29 is 8.42 Å². The van der Waals surface area contributed by atoms with Gasteiger partial charge in [0.25, 0.3) is 10.0 Å². The van der Waals surface area contributed by atoms with Crippen molar-refractivity contribution in [3.05, 3.63) is 12.0 Å². The normalized spacial score (nSPS) is 17.8. The number of hydrogen-bond acceptors (Lipinski definition) is 4. The predicted molar refractivity (Wildman–Crippen MR) is 73.5 cm³/mol. The first-order valence-electron chi connectivity index (χ1n) is 6.79. The molecule has 2 heterocycles. The number of sulfonamides is 1. The maximum Gasteiger partial charge on any atom is 0.259 e. The molecule has 0 radical (unpaired) electrons. The standard InChI is InChI=1S/C12H22N4O2S/c1-3-8-16-9-12(14-10(16)2)19(17,18)15-11-4-6-13-7-5-11/h9,11,13,15H,3-8H2,1-2H3. The van der Waals surface area contributed by atoms with Gasteiger partial charge in [0, 0.05) is 18.8 Å².